The van der Waals surface area contributed by atoms with Crippen molar-refractivity contribution in [2.45, 2.75) is 19.3 Å². The van der Waals surface area contributed by atoms with Crippen LogP contribution in [0.4, 0.5) is 4.39 Å². The summed E-state index contributed by atoms with van der Waals surface area (Å²) in [6.45, 7) is 0.420. The minimum Gasteiger partial charge on any atom is -0.356 e. The fraction of sp³-hybridized carbons (Fsp3) is 0.222. The summed E-state index contributed by atoms with van der Waals surface area (Å²) in [6.07, 6.45) is 3.04. The van der Waals surface area contributed by atoms with Crippen molar-refractivity contribution in [1.29, 1.82) is 0 Å². The standard InChI is InChI=1S/C18H17FN4O2/c19-14-7-4-13(5-8-14)6-9-17(24)21-12-10-16-22-18(25-23-16)15-3-1-2-11-20-15/h1-5,7-8,11H,6,9-10,12H2,(H,21,24). The lowest BCUT2D eigenvalue weighted by molar-refractivity contribution is -0.121. The molecule has 0 saturated carbocycles. The zero-order chi connectivity index (χ0) is 17.5. The highest BCUT2D eigenvalue weighted by molar-refractivity contribution is 5.76. The van der Waals surface area contributed by atoms with E-state index in [2.05, 4.69) is 20.4 Å². The Morgan fingerprint density at radius 3 is 2.72 bits per heavy atom. The van der Waals surface area contributed by atoms with Crippen LogP contribution in [-0.4, -0.2) is 27.6 Å². The Balaban J connectivity index is 1.41. The van der Waals surface area contributed by atoms with Crippen molar-refractivity contribution in [2.75, 3.05) is 6.54 Å². The molecule has 0 aliphatic rings. The van der Waals surface area contributed by atoms with Gasteiger partial charge in [0.1, 0.15) is 11.5 Å². The summed E-state index contributed by atoms with van der Waals surface area (Å²) < 4.78 is 18.0. The molecule has 0 fully saturated rings. The molecule has 128 valence electrons. The molecule has 0 bridgehead atoms. The molecule has 7 heteroatoms. The van der Waals surface area contributed by atoms with Crippen molar-refractivity contribution in [2.24, 2.45) is 0 Å². The van der Waals surface area contributed by atoms with Crippen molar-refractivity contribution >= 4 is 5.91 Å². The Morgan fingerprint density at radius 1 is 1.12 bits per heavy atom. The second kappa shape index (κ2) is 8.14. The number of rotatable bonds is 7. The molecular formula is C18H17FN4O2. The van der Waals surface area contributed by atoms with Crippen LogP contribution in [0.3, 0.4) is 0 Å². The largest absolute Gasteiger partial charge is 0.356 e. The fourth-order valence-corrected chi connectivity index (χ4v) is 2.26. The minimum atomic E-state index is -0.279. The van der Waals surface area contributed by atoms with Crippen molar-refractivity contribution in [3.63, 3.8) is 0 Å². The topological polar surface area (TPSA) is 80.9 Å². The number of carbonyl (C=O) groups is 1. The zero-order valence-electron chi connectivity index (χ0n) is 13.5. The lowest BCUT2D eigenvalue weighted by Gasteiger charge is -2.04. The SMILES string of the molecule is O=C(CCc1ccc(F)cc1)NCCc1noc(-c2ccccn2)n1. The first-order chi connectivity index (χ1) is 12.2. The molecule has 3 aromatic rings. The predicted octanol–water partition coefficient (Wildman–Crippen LogP) is 2.56. The normalized spacial score (nSPS) is 10.6. The molecule has 1 N–H and O–H groups in total. The van der Waals surface area contributed by atoms with Crippen LogP contribution in [0.2, 0.25) is 0 Å². The molecule has 0 unspecified atom stereocenters. The van der Waals surface area contributed by atoms with E-state index in [-0.39, 0.29) is 11.7 Å². The average Bonchev–Trinajstić information content (AvgIpc) is 3.11. The molecule has 3 rings (SSSR count). The first-order valence-electron chi connectivity index (χ1n) is 7.96. The number of hydrogen-bond donors (Lipinski definition) is 1. The number of aromatic nitrogens is 3. The lowest BCUT2D eigenvalue weighted by atomic mass is 10.1. The molecule has 1 amide bonds. The van der Waals surface area contributed by atoms with Gasteiger partial charge in [-0.15, -0.1) is 0 Å². The van der Waals surface area contributed by atoms with Crippen LogP contribution >= 0.6 is 0 Å². The highest BCUT2D eigenvalue weighted by atomic mass is 19.1. The van der Waals surface area contributed by atoms with E-state index in [4.69, 9.17) is 4.52 Å². The van der Waals surface area contributed by atoms with Gasteiger partial charge in [-0.3, -0.25) is 9.78 Å². The first-order valence-corrected chi connectivity index (χ1v) is 7.96. The average molecular weight is 340 g/mol. The van der Waals surface area contributed by atoms with Crippen LogP contribution in [-0.2, 0) is 17.6 Å². The number of aryl methyl sites for hydroxylation is 1. The van der Waals surface area contributed by atoms with Gasteiger partial charge in [-0.25, -0.2) is 4.39 Å². The summed E-state index contributed by atoms with van der Waals surface area (Å²) in [6, 6.07) is 11.6. The van der Waals surface area contributed by atoms with Gasteiger partial charge in [-0.05, 0) is 36.2 Å². The summed E-state index contributed by atoms with van der Waals surface area (Å²) >= 11 is 0. The Hall–Kier alpha value is -3.09. The summed E-state index contributed by atoms with van der Waals surface area (Å²) in [7, 11) is 0. The predicted molar refractivity (Wildman–Crippen MR) is 89.0 cm³/mol. The molecule has 0 saturated heterocycles. The number of nitrogens with one attached hydrogen (secondary N) is 1. The smallest absolute Gasteiger partial charge is 0.276 e. The van der Waals surface area contributed by atoms with E-state index in [0.717, 1.165) is 5.56 Å². The van der Waals surface area contributed by atoms with E-state index in [1.54, 1.807) is 24.4 Å². The first kappa shape index (κ1) is 16.8. The van der Waals surface area contributed by atoms with Gasteiger partial charge in [0, 0.05) is 25.6 Å². The van der Waals surface area contributed by atoms with Crippen LogP contribution in [0.15, 0.2) is 53.2 Å². The minimum absolute atomic E-state index is 0.0715. The summed E-state index contributed by atoms with van der Waals surface area (Å²) in [4.78, 5) is 20.2. The van der Waals surface area contributed by atoms with Crippen LogP contribution in [0, 0.1) is 5.82 Å². The molecule has 0 aliphatic carbocycles. The number of amides is 1. The highest BCUT2D eigenvalue weighted by Gasteiger charge is 2.10. The molecule has 2 heterocycles. The Kier molecular flexibility index (Phi) is 5.46. The number of hydrogen-bond acceptors (Lipinski definition) is 5. The second-order valence-electron chi connectivity index (χ2n) is 5.46. The summed E-state index contributed by atoms with van der Waals surface area (Å²) in [5, 5.41) is 6.69. The van der Waals surface area contributed by atoms with Crippen LogP contribution < -0.4 is 5.32 Å². The monoisotopic (exact) mass is 340 g/mol. The van der Waals surface area contributed by atoms with E-state index in [0.29, 0.717) is 43.2 Å². The van der Waals surface area contributed by atoms with E-state index < -0.39 is 0 Å². The fourth-order valence-electron chi connectivity index (χ4n) is 2.26. The molecule has 0 atom stereocenters. The number of carbonyl (C=O) groups excluding carboxylic acids is 1. The quantitative estimate of drug-likeness (QED) is 0.715. The molecular weight excluding hydrogens is 323 g/mol. The third-order valence-electron chi connectivity index (χ3n) is 3.58. The number of nitrogens with zero attached hydrogens (tertiary/aromatic N) is 3. The third kappa shape index (κ3) is 4.94. The van der Waals surface area contributed by atoms with Crippen LogP contribution in [0.5, 0.6) is 0 Å². The molecule has 0 radical (unpaired) electrons. The van der Waals surface area contributed by atoms with Gasteiger partial charge in [-0.1, -0.05) is 23.4 Å². The highest BCUT2D eigenvalue weighted by Crippen LogP contribution is 2.13. The van der Waals surface area contributed by atoms with Crippen molar-refractivity contribution in [3.8, 4) is 11.6 Å². The number of benzene rings is 1. The third-order valence-corrected chi connectivity index (χ3v) is 3.58. The van der Waals surface area contributed by atoms with Crippen molar-refractivity contribution < 1.29 is 13.7 Å². The van der Waals surface area contributed by atoms with Gasteiger partial charge in [0.25, 0.3) is 5.89 Å². The van der Waals surface area contributed by atoms with E-state index in [9.17, 15) is 9.18 Å². The number of pyridine rings is 1. The van der Waals surface area contributed by atoms with Crippen molar-refractivity contribution in [3.05, 3.63) is 65.9 Å². The van der Waals surface area contributed by atoms with Gasteiger partial charge >= 0.3 is 0 Å². The van der Waals surface area contributed by atoms with Crippen LogP contribution in [0.25, 0.3) is 11.6 Å². The van der Waals surface area contributed by atoms with E-state index >= 15 is 0 Å². The molecule has 0 spiro atoms. The van der Waals surface area contributed by atoms with E-state index in [1.165, 1.54) is 12.1 Å². The second-order valence-corrected chi connectivity index (χ2v) is 5.46. The summed E-state index contributed by atoms with van der Waals surface area (Å²) in [5.41, 5.74) is 1.54. The molecule has 25 heavy (non-hydrogen) atoms. The Morgan fingerprint density at radius 2 is 1.96 bits per heavy atom. The zero-order valence-corrected chi connectivity index (χ0v) is 13.5. The Labute approximate surface area is 144 Å². The number of halogens is 1. The van der Waals surface area contributed by atoms with Gasteiger partial charge < -0.3 is 9.84 Å². The maximum atomic E-state index is 12.8. The molecule has 0 aliphatic heterocycles. The van der Waals surface area contributed by atoms with Crippen molar-refractivity contribution in [1.82, 2.24) is 20.4 Å². The van der Waals surface area contributed by atoms with Gasteiger partial charge in [-0.2, -0.15) is 4.98 Å². The summed E-state index contributed by atoms with van der Waals surface area (Å²) in [5.74, 6) is 0.522. The lowest BCUT2D eigenvalue weighted by Crippen LogP contribution is -2.26. The molecule has 1 aromatic carbocycles. The van der Waals surface area contributed by atoms with Gasteiger partial charge in [0.05, 0.1) is 0 Å². The molecule has 2 aromatic heterocycles. The van der Waals surface area contributed by atoms with Gasteiger partial charge in [0.2, 0.25) is 5.91 Å². The van der Waals surface area contributed by atoms with E-state index in [1.807, 2.05) is 12.1 Å². The maximum Gasteiger partial charge on any atom is 0.276 e. The Bertz CT molecular complexity index is 819. The van der Waals surface area contributed by atoms with Crippen LogP contribution in [0.1, 0.15) is 17.8 Å². The van der Waals surface area contributed by atoms with Gasteiger partial charge in [0.15, 0.2) is 5.82 Å². The maximum absolute atomic E-state index is 12.8. The molecule has 6 nitrogen and oxygen atoms in total.